The average Bonchev–Trinajstić information content (AvgIpc) is 2.63. The number of rotatable bonds is 2. The average molecular weight is 343 g/mol. The van der Waals surface area contributed by atoms with Crippen LogP contribution in [0, 0.1) is 0 Å². The number of fused-ring (bicyclic) bond motifs is 3. The van der Waals surface area contributed by atoms with Gasteiger partial charge in [-0.3, -0.25) is 9.69 Å². The molecule has 2 aromatic rings. The number of carbonyl (C=O) groups is 1. The van der Waals surface area contributed by atoms with E-state index in [1.54, 1.807) is 18.3 Å². The molecule has 0 unspecified atom stereocenters. The molecule has 1 saturated heterocycles. The summed E-state index contributed by atoms with van der Waals surface area (Å²) in [4.78, 5) is 19.0. The second-order valence-electron chi connectivity index (χ2n) is 6.24. The van der Waals surface area contributed by atoms with Gasteiger partial charge in [-0.15, -0.1) is 0 Å². The van der Waals surface area contributed by atoms with Crippen LogP contribution < -0.4 is 10.6 Å². The molecule has 2 N–H and O–H groups in total. The normalized spacial score (nSPS) is 20.1. The van der Waals surface area contributed by atoms with Crippen molar-refractivity contribution in [1.82, 2.24) is 15.2 Å². The molecule has 1 atom stereocenters. The van der Waals surface area contributed by atoms with Gasteiger partial charge < -0.3 is 10.6 Å². The van der Waals surface area contributed by atoms with E-state index in [-0.39, 0.29) is 5.91 Å². The molecule has 1 amide bonds. The van der Waals surface area contributed by atoms with Gasteiger partial charge in [0.25, 0.3) is 5.91 Å². The third-order valence-electron chi connectivity index (χ3n) is 4.77. The molecule has 3 heterocycles. The zero-order valence-corrected chi connectivity index (χ0v) is 14.0. The fourth-order valence-electron chi connectivity index (χ4n) is 3.53. The number of piperazine rings is 1. The first-order valence-electron chi connectivity index (χ1n) is 8.21. The zero-order chi connectivity index (χ0) is 16.5. The van der Waals surface area contributed by atoms with Crippen molar-refractivity contribution in [1.29, 1.82) is 0 Å². The van der Waals surface area contributed by atoms with Crippen LogP contribution in [-0.2, 0) is 6.42 Å². The van der Waals surface area contributed by atoms with E-state index in [0.717, 1.165) is 32.6 Å². The molecule has 2 aliphatic rings. The number of carbonyl (C=O) groups excluding carboxylic acids is 1. The number of benzene rings is 1. The predicted molar refractivity (Wildman–Crippen MR) is 94.5 cm³/mol. The number of amides is 1. The van der Waals surface area contributed by atoms with Crippen LogP contribution in [-0.4, -0.2) is 42.0 Å². The summed E-state index contributed by atoms with van der Waals surface area (Å²) in [5.41, 5.74) is 3.95. The van der Waals surface area contributed by atoms with Crippen LogP contribution in [0.25, 0.3) is 0 Å². The summed E-state index contributed by atoms with van der Waals surface area (Å²) in [6.45, 7) is 4.19. The van der Waals surface area contributed by atoms with E-state index >= 15 is 0 Å². The molecule has 0 aliphatic carbocycles. The van der Waals surface area contributed by atoms with Gasteiger partial charge in [0.1, 0.15) is 5.15 Å². The lowest BCUT2D eigenvalue weighted by atomic mass is 9.90. The van der Waals surface area contributed by atoms with Crippen molar-refractivity contribution in [2.24, 2.45) is 0 Å². The highest BCUT2D eigenvalue weighted by Crippen LogP contribution is 2.31. The molecule has 0 saturated carbocycles. The van der Waals surface area contributed by atoms with E-state index in [4.69, 9.17) is 11.6 Å². The maximum Gasteiger partial charge on any atom is 0.255 e. The molecular formula is C18H19ClN4O. The molecule has 24 heavy (non-hydrogen) atoms. The van der Waals surface area contributed by atoms with Crippen molar-refractivity contribution in [3.05, 3.63) is 58.4 Å². The maximum atomic E-state index is 12.5. The molecule has 6 heteroatoms. The Morgan fingerprint density at radius 3 is 3.04 bits per heavy atom. The molecule has 2 aliphatic heterocycles. The smallest absolute Gasteiger partial charge is 0.255 e. The van der Waals surface area contributed by atoms with Crippen molar-refractivity contribution in [3.63, 3.8) is 0 Å². The van der Waals surface area contributed by atoms with E-state index in [9.17, 15) is 4.79 Å². The Balaban J connectivity index is 1.54. The van der Waals surface area contributed by atoms with Crippen molar-refractivity contribution < 1.29 is 4.79 Å². The quantitative estimate of drug-likeness (QED) is 0.823. The fraction of sp³-hybridized carbons (Fsp3) is 0.333. The topological polar surface area (TPSA) is 57.3 Å². The summed E-state index contributed by atoms with van der Waals surface area (Å²) in [7, 11) is 0. The molecule has 124 valence electrons. The van der Waals surface area contributed by atoms with Crippen LogP contribution in [0.1, 0.15) is 27.5 Å². The van der Waals surface area contributed by atoms with Crippen LogP contribution in [0.4, 0.5) is 5.69 Å². The molecule has 0 spiro atoms. The fourth-order valence-corrected chi connectivity index (χ4v) is 3.64. The van der Waals surface area contributed by atoms with E-state index < -0.39 is 0 Å². The summed E-state index contributed by atoms with van der Waals surface area (Å²) < 4.78 is 0. The van der Waals surface area contributed by atoms with Crippen LogP contribution in [0.5, 0.6) is 0 Å². The van der Waals surface area contributed by atoms with Gasteiger partial charge >= 0.3 is 0 Å². The van der Waals surface area contributed by atoms with E-state index in [2.05, 4.69) is 26.6 Å². The largest absolute Gasteiger partial charge is 0.321 e. The number of nitrogens with zero attached hydrogens (tertiary/aromatic N) is 2. The molecule has 1 fully saturated rings. The van der Waals surface area contributed by atoms with Gasteiger partial charge in [-0.25, -0.2) is 4.98 Å². The molecular weight excluding hydrogens is 324 g/mol. The van der Waals surface area contributed by atoms with Gasteiger partial charge in [0.05, 0.1) is 11.9 Å². The first-order chi connectivity index (χ1) is 11.7. The number of halogens is 1. The Hall–Kier alpha value is -1.95. The molecule has 0 bridgehead atoms. The first kappa shape index (κ1) is 15.6. The highest BCUT2D eigenvalue weighted by atomic mass is 35.5. The Bertz CT molecular complexity index is 762. The third kappa shape index (κ3) is 3.02. The third-order valence-corrected chi connectivity index (χ3v) is 5.00. The Kier molecular flexibility index (Phi) is 4.22. The van der Waals surface area contributed by atoms with Gasteiger partial charge in [0, 0.05) is 37.8 Å². The van der Waals surface area contributed by atoms with E-state index in [1.165, 1.54) is 11.1 Å². The number of hydrogen-bond acceptors (Lipinski definition) is 4. The molecule has 1 aromatic carbocycles. The zero-order valence-electron chi connectivity index (χ0n) is 13.3. The lowest BCUT2D eigenvalue weighted by Crippen LogP contribution is -2.48. The summed E-state index contributed by atoms with van der Waals surface area (Å²) >= 11 is 5.77. The lowest BCUT2D eigenvalue weighted by Gasteiger charge is -2.41. The minimum absolute atomic E-state index is 0.119. The van der Waals surface area contributed by atoms with Crippen molar-refractivity contribution in [2.75, 3.05) is 31.5 Å². The SMILES string of the molecule is O=C(Nc1ccc(Cl)nc1)c1ccc2c(c1)CCN1CCNC[C@@H]21. The maximum absolute atomic E-state index is 12.5. The lowest BCUT2D eigenvalue weighted by molar-refractivity contribution is 0.102. The van der Waals surface area contributed by atoms with Gasteiger partial charge in [-0.2, -0.15) is 0 Å². The van der Waals surface area contributed by atoms with Gasteiger partial charge in [-0.05, 0) is 41.8 Å². The van der Waals surface area contributed by atoms with Crippen LogP contribution >= 0.6 is 11.6 Å². The van der Waals surface area contributed by atoms with Crippen molar-refractivity contribution in [3.8, 4) is 0 Å². The highest BCUT2D eigenvalue weighted by Gasteiger charge is 2.29. The molecule has 1 aromatic heterocycles. The summed E-state index contributed by atoms with van der Waals surface area (Å²) in [6, 6.07) is 9.88. The number of aromatic nitrogens is 1. The minimum Gasteiger partial charge on any atom is -0.321 e. The second kappa shape index (κ2) is 6.51. The van der Waals surface area contributed by atoms with Crippen LogP contribution in [0.15, 0.2) is 36.5 Å². The number of nitrogens with one attached hydrogen (secondary N) is 2. The van der Waals surface area contributed by atoms with Crippen LogP contribution in [0.3, 0.4) is 0 Å². The van der Waals surface area contributed by atoms with Crippen molar-refractivity contribution in [2.45, 2.75) is 12.5 Å². The van der Waals surface area contributed by atoms with Gasteiger partial charge in [0.2, 0.25) is 0 Å². The van der Waals surface area contributed by atoms with Crippen LogP contribution in [0.2, 0.25) is 5.15 Å². The molecule has 0 radical (unpaired) electrons. The predicted octanol–water partition coefficient (Wildman–Crippen LogP) is 2.49. The summed E-state index contributed by atoms with van der Waals surface area (Å²) in [5, 5.41) is 6.74. The first-order valence-corrected chi connectivity index (χ1v) is 8.59. The molecule has 4 rings (SSSR count). The monoisotopic (exact) mass is 342 g/mol. The standard InChI is InChI=1S/C18H19ClN4O/c19-17-4-2-14(10-21-17)22-18(24)13-1-3-15-12(9-13)5-7-23-8-6-20-11-16(15)23/h1-4,9-10,16,20H,5-8,11H2,(H,22,24)/t16-/m0/s1. The van der Waals surface area contributed by atoms with Gasteiger partial charge in [-0.1, -0.05) is 17.7 Å². The summed E-state index contributed by atoms with van der Waals surface area (Å²) in [5.74, 6) is -0.119. The Morgan fingerprint density at radius 2 is 2.21 bits per heavy atom. The van der Waals surface area contributed by atoms with E-state index in [1.807, 2.05) is 12.1 Å². The number of anilines is 1. The second-order valence-corrected chi connectivity index (χ2v) is 6.63. The minimum atomic E-state index is -0.119. The van der Waals surface area contributed by atoms with Gasteiger partial charge in [0.15, 0.2) is 0 Å². The Morgan fingerprint density at radius 1 is 1.29 bits per heavy atom. The Labute approximate surface area is 146 Å². The summed E-state index contributed by atoms with van der Waals surface area (Å²) in [6.07, 6.45) is 2.56. The number of hydrogen-bond donors (Lipinski definition) is 2. The van der Waals surface area contributed by atoms with Crippen molar-refractivity contribution >= 4 is 23.2 Å². The van der Waals surface area contributed by atoms with E-state index in [0.29, 0.717) is 22.4 Å². The molecule has 5 nitrogen and oxygen atoms in total. The number of pyridine rings is 1. The highest BCUT2D eigenvalue weighted by molar-refractivity contribution is 6.29.